The van der Waals surface area contributed by atoms with E-state index in [1.54, 1.807) is 35.4 Å². The van der Waals surface area contributed by atoms with Crippen molar-refractivity contribution in [2.45, 2.75) is 11.7 Å². The van der Waals surface area contributed by atoms with Crippen molar-refractivity contribution in [2.24, 2.45) is 0 Å². The molecule has 0 bridgehead atoms. The lowest BCUT2D eigenvalue weighted by molar-refractivity contribution is -0.127. The summed E-state index contributed by atoms with van der Waals surface area (Å²) >= 11 is 8.84. The number of nitrogens with one attached hydrogen (secondary N) is 1. The predicted octanol–water partition coefficient (Wildman–Crippen LogP) is 3.94. The van der Waals surface area contributed by atoms with Gasteiger partial charge >= 0.3 is 0 Å². The highest BCUT2D eigenvalue weighted by Gasteiger charge is 2.13. The number of benzene rings is 1. The molecule has 5 nitrogen and oxygen atoms in total. The van der Waals surface area contributed by atoms with Crippen LogP contribution in [0.1, 0.15) is 4.88 Å². The quantitative estimate of drug-likeness (QED) is 0.660. The molecule has 1 aromatic carbocycles. The third-order valence-electron chi connectivity index (χ3n) is 3.31. The summed E-state index contributed by atoms with van der Waals surface area (Å²) in [6, 6.07) is 11.4. The van der Waals surface area contributed by atoms with Gasteiger partial charge in [0.05, 0.1) is 12.3 Å². The molecule has 2 aromatic heterocycles. The molecule has 0 saturated carbocycles. The maximum absolute atomic E-state index is 12.2. The first-order valence-electron chi connectivity index (χ1n) is 7.19. The highest BCUT2D eigenvalue weighted by molar-refractivity contribution is 7.99. The molecule has 0 fully saturated rings. The summed E-state index contributed by atoms with van der Waals surface area (Å²) in [5.41, 5.74) is 0.903. The van der Waals surface area contributed by atoms with Crippen LogP contribution in [0.2, 0.25) is 5.02 Å². The van der Waals surface area contributed by atoms with Gasteiger partial charge in [0.1, 0.15) is 0 Å². The van der Waals surface area contributed by atoms with Crippen molar-refractivity contribution >= 4 is 40.6 Å². The molecule has 0 atom stereocenters. The number of nitrogens with zero attached hydrogens (tertiary/aromatic N) is 3. The Morgan fingerprint density at radius 3 is 2.83 bits per heavy atom. The molecule has 3 aromatic rings. The Morgan fingerprint density at radius 2 is 2.12 bits per heavy atom. The van der Waals surface area contributed by atoms with Gasteiger partial charge < -0.3 is 4.90 Å². The molecule has 3 rings (SSSR count). The minimum Gasteiger partial charge on any atom is -0.340 e. The number of H-pyrrole nitrogens is 1. The fraction of sp³-hybridized carbons (Fsp3) is 0.188. The minimum atomic E-state index is 0.0474. The van der Waals surface area contributed by atoms with Crippen LogP contribution in [0.4, 0.5) is 0 Å². The number of aromatic amines is 1. The SMILES string of the molecule is CN(Cc1cccs1)C(=O)CSc1n[nH]c(-c2ccc(Cl)cc2)n1. The van der Waals surface area contributed by atoms with Gasteiger partial charge in [-0.05, 0) is 35.7 Å². The molecule has 0 aliphatic rings. The number of halogens is 1. The summed E-state index contributed by atoms with van der Waals surface area (Å²) in [6.45, 7) is 0.626. The molecule has 1 N–H and O–H groups in total. The molecule has 1 amide bonds. The van der Waals surface area contributed by atoms with Gasteiger partial charge in [0.15, 0.2) is 5.82 Å². The van der Waals surface area contributed by atoms with E-state index in [2.05, 4.69) is 15.2 Å². The van der Waals surface area contributed by atoms with E-state index in [0.29, 0.717) is 28.3 Å². The summed E-state index contributed by atoms with van der Waals surface area (Å²) in [6.07, 6.45) is 0. The van der Waals surface area contributed by atoms with E-state index in [1.807, 2.05) is 29.6 Å². The predicted molar refractivity (Wildman–Crippen MR) is 98.3 cm³/mol. The highest BCUT2D eigenvalue weighted by atomic mass is 35.5. The Morgan fingerprint density at radius 1 is 1.33 bits per heavy atom. The monoisotopic (exact) mass is 378 g/mol. The number of aromatic nitrogens is 3. The number of hydrogen-bond acceptors (Lipinski definition) is 5. The molecule has 0 radical (unpaired) electrons. The molecule has 0 aliphatic heterocycles. The van der Waals surface area contributed by atoms with Crippen LogP contribution >= 0.6 is 34.7 Å². The molecule has 0 spiro atoms. The maximum atomic E-state index is 12.2. The molecule has 24 heavy (non-hydrogen) atoms. The molecule has 0 saturated heterocycles. The Labute approximate surface area is 153 Å². The normalized spacial score (nSPS) is 10.8. The van der Waals surface area contributed by atoms with Crippen LogP contribution < -0.4 is 0 Å². The lowest BCUT2D eigenvalue weighted by Gasteiger charge is -2.15. The first-order valence-corrected chi connectivity index (χ1v) is 9.43. The average Bonchev–Trinajstić information content (AvgIpc) is 3.25. The van der Waals surface area contributed by atoms with E-state index < -0.39 is 0 Å². The van der Waals surface area contributed by atoms with E-state index in [9.17, 15) is 4.79 Å². The Balaban J connectivity index is 1.55. The zero-order valence-corrected chi connectivity index (χ0v) is 15.3. The van der Waals surface area contributed by atoms with Gasteiger partial charge in [0, 0.05) is 22.5 Å². The number of amides is 1. The molecule has 2 heterocycles. The van der Waals surface area contributed by atoms with Crippen LogP contribution in [0, 0.1) is 0 Å². The van der Waals surface area contributed by atoms with Gasteiger partial charge in [-0.2, -0.15) is 0 Å². The second-order valence-corrected chi connectivity index (χ2v) is 7.50. The number of thiophene rings is 1. The highest BCUT2D eigenvalue weighted by Crippen LogP contribution is 2.21. The number of thioether (sulfide) groups is 1. The zero-order valence-electron chi connectivity index (χ0n) is 12.9. The third-order valence-corrected chi connectivity index (χ3v) is 5.25. The molecule has 0 unspecified atom stereocenters. The maximum Gasteiger partial charge on any atom is 0.233 e. The molecular weight excluding hydrogens is 364 g/mol. The average molecular weight is 379 g/mol. The summed E-state index contributed by atoms with van der Waals surface area (Å²) < 4.78 is 0. The van der Waals surface area contributed by atoms with Crippen molar-refractivity contribution in [2.75, 3.05) is 12.8 Å². The lowest BCUT2D eigenvalue weighted by atomic mass is 10.2. The van der Waals surface area contributed by atoms with Crippen molar-refractivity contribution < 1.29 is 4.79 Å². The number of carbonyl (C=O) groups is 1. The number of rotatable bonds is 6. The van der Waals surface area contributed by atoms with Crippen LogP contribution in [0.15, 0.2) is 46.9 Å². The van der Waals surface area contributed by atoms with Crippen LogP contribution in [-0.4, -0.2) is 38.8 Å². The second kappa shape index (κ2) is 7.83. The lowest BCUT2D eigenvalue weighted by Crippen LogP contribution is -2.27. The Hall–Kier alpha value is -1.83. The first kappa shape index (κ1) is 17.0. The Kier molecular flexibility index (Phi) is 5.55. The van der Waals surface area contributed by atoms with Crippen molar-refractivity contribution in [1.82, 2.24) is 20.1 Å². The van der Waals surface area contributed by atoms with Crippen LogP contribution in [0.25, 0.3) is 11.4 Å². The fourth-order valence-corrected chi connectivity index (χ4v) is 3.63. The second-order valence-electron chi connectivity index (χ2n) is 5.09. The molecule has 8 heteroatoms. The van der Waals surface area contributed by atoms with Crippen LogP contribution in [-0.2, 0) is 11.3 Å². The summed E-state index contributed by atoms with van der Waals surface area (Å²) in [5.74, 6) is 1.01. The van der Waals surface area contributed by atoms with Crippen LogP contribution in [0.3, 0.4) is 0 Å². The first-order chi connectivity index (χ1) is 11.6. The summed E-state index contributed by atoms with van der Waals surface area (Å²) in [7, 11) is 1.81. The van der Waals surface area contributed by atoms with Gasteiger partial charge in [0.25, 0.3) is 0 Å². The van der Waals surface area contributed by atoms with Crippen molar-refractivity contribution in [1.29, 1.82) is 0 Å². The van der Waals surface area contributed by atoms with Gasteiger partial charge in [-0.1, -0.05) is 29.4 Å². The zero-order chi connectivity index (χ0) is 16.9. The Bertz CT molecular complexity index is 802. The minimum absolute atomic E-state index is 0.0474. The summed E-state index contributed by atoms with van der Waals surface area (Å²) in [4.78, 5) is 19.5. The fourth-order valence-electron chi connectivity index (χ4n) is 2.01. The van der Waals surface area contributed by atoms with E-state index >= 15 is 0 Å². The van der Waals surface area contributed by atoms with Gasteiger partial charge in [0.2, 0.25) is 11.1 Å². The smallest absolute Gasteiger partial charge is 0.233 e. The van der Waals surface area contributed by atoms with Gasteiger partial charge in [-0.25, -0.2) is 4.98 Å². The topological polar surface area (TPSA) is 61.9 Å². The molecule has 0 aliphatic carbocycles. The van der Waals surface area contributed by atoms with Crippen molar-refractivity contribution in [3.05, 3.63) is 51.7 Å². The van der Waals surface area contributed by atoms with Crippen molar-refractivity contribution in [3.8, 4) is 11.4 Å². The molecule has 124 valence electrons. The van der Waals surface area contributed by atoms with Gasteiger partial charge in [-0.3, -0.25) is 9.89 Å². The standard InChI is InChI=1S/C16H15ClN4OS2/c1-21(9-13-3-2-8-23-13)14(22)10-24-16-18-15(19-20-16)11-4-6-12(17)7-5-11/h2-8H,9-10H2,1H3,(H,18,19,20). The number of carbonyl (C=O) groups excluding carboxylic acids is 1. The largest absolute Gasteiger partial charge is 0.340 e. The van der Waals surface area contributed by atoms with Crippen molar-refractivity contribution in [3.63, 3.8) is 0 Å². The number of hydrogen-bond donors (Lipinski definition) is 1. The molecular formula is C16H15ClN4OS2. The van der Waals surface area contributed by atoms with E-state index in [-0.39, 0.29) is 5.91 Å². The van der Waals surface area contributed by atoms with Gasteiger partial charge in [-0.15, -0.1) is 16.4 Å². The van der Waals surface area contributed by atoms with E-state index in [4.69, 9.17) is 11.6 Å². The summed E-state index contributed by atoms with van der Waals surface area (Å²) in [5, 5.41) is 10.3. The van der Waals surface area contributed by atoms with E-state index in [0.717, 1.165) is 5.56 Å². The van der Waals surface area contributed by atoms with E-state index in [1.165, 1.54) is 16.6 Å². The third kappa shape index (κ3) is 4.37. The van der Waals surface area contributed by atoms with Crippen LogP contribution in [0.5, 0.6) is 0 Å².